The number of carbonyl (C=O) groups excluding carboxylic acids is 5. The highest BCUT2D eigenvalue weighted by molar-refractivity contribution is 8.13. The van der Waals surface area contributed by atoms with Crippen LogP contribution in [0.3, 0.4) is 0 Å². The molecule has 2 fully saturated rings. The molecule has 2 aliphatic carbocycles. The summed E-state index contributed by atoms with van der Waals surface area (Å²) in [5.41, 5.74) is 0. The van der Waals surface area contributed by atoms with Crippen LogP contribution in [0.5, 0.6) is 5.75 Å². The van der Waals surface area contributed by atoms with Crippen LogP contribution in [0.15, 0.2) is 30.3 Å². The van der Waals surface area contributed by atoms with Gasteiger partial charge in [-0.2, -0.15) is 0 Å². The number of ether oxygens (including phenoxy) is 5. The first-order valence-corrected chi connectivity index (χ1v) is 14.2. The van der Waals surface area contributed by atoms with Crippen molar-refractivity contribution in [3.63, 3.8) is 0 Å². The van der Waals surface area contributed by atoms with Crippen molar-refractivity contribution in [3.05, 3.63) is 30.3 Å². The first kappa shape index (κ1) is 30.3. The van der Waals surface area contributed by atoms with E-state index in [1.165, 1.54) is 0 Å². The van der Waals surface area contributed by atoms with Gasteiger partial charge in [0.05, 0.1) is 11.8 Å². The Morgan fingerprint density at radius 2 is 1.28 bits per heavy atom. The average molecular weight is 566 g/mol. The summed E-state index contributed by atoms with van der Waals surface area (Å²) in [6.07, 6.45) is 7.99. The highest BCUT2D eigenvalue weighted by Crippen LogP contribution is 2.25. The van der Waals surface area contributed by atoms with E-state index in [9.17, 15) is 24.0 Å². The highest BCUT2D eigenvalue weighted by Gasteiger charge is 2.27. The van der Waals surface area contributed by atoms with Crippen LogP contribution in [-0.4, -0.2) is 54.7 Å². The molecule has 0 bridgehead atoms. The number of hydrogen-bond donors (Lipinski definition) is 1. The molecule has 1 N–H and O–H groups in total. The van der Waals surface area contributed by atoms with E-state index in [0.29, 0.717) is 11.8 Å². The molecule has 0 spiro atoms. The van der Waals surface area contributed by atoms with Crippen LogP contribution in [0.2, 0.25) is 0 Å². The molecule has 12 heteroatoms. The Balaban J connectivity index is 1.44. The number of nitrogens with one attached hydrogen (secondary N) is 1. The van der Waals surface area contributed by atoms with Gasteiger partial charge in [0.25, 0.3) is 0 Å². The maximum atomic E-state index is 12.7. The van der Waals surface area contributed by atoms with Crippen molar-refractivity contribution >= 4 is 41.1 Å². The summed E-state index contributed by atoms with van der Waals surface area (Å²) >= 11 is 0.591. The molecule has 214 valence electrons. The molecule has 2 saturated carbocycles. The number of hydrogen-bond acceptors (Lipinski definition) is 11. The van der Waals surface area contributed by atoms with Gasteiger partial charge in [0.15, 0.2) is 0 Å². The molecule has 2 aliphatic rings. The minimum atomic E-state index is -1.30. The van der Waals surface area contributed by atoms with E-state index in [0.717, 1.165) is 64.2 Å². The van der Waals surface area contributed by atoms with Crippen LogP contribution in [0.1, 0.15) is 64.2 Å². The fraction of sp³-hybridized carbons (Fsp3) is 0.593. The molecular formula is C27H35NO10S. The zero-order chi connectivity index (χ0) is 27.9. The Morgan fingerprint density at radius 1 is 0.744 bits per heavy atom. The van der Waals surface area contributed by atoms with Crippen LogP contribution in [0.25, 0.3) is 0 Å². The minimum absolute atomic E-state index is 0.181. The molecule has 3 rings (SSSR count). The molecule has 1 amide bonds. The third-order valence-electron chi connectivity index (χ3n) is 6.55. The highest BCUT2D eigenvalue weighted by atomic mass is 32.2. The van der Waals surface area contributed by atoms with Gasteiger partial charge >= 0.3 is 29.3 Å². The van der Waals surface area contributed by atoms with Crippen LogP contribution < -0.4 is 10.1 Å². The number of esters is 3. The van der Waals surface area contributed by atoms with Gasteiger partial charge < -0.3 is 29.0 Å². The first-order valence-electron chi connectivity index (χ1n) is 13.2. The average Bonchev–Trinajstić information content (AvgIpc) is 2.96. The Bertz CT molecular complexity index is 961. The van der Waals surface area contributed by atoms with Crippen molar-refractivity contribution in [1.82, 2.24) is 5.32 Å². The molecule has 1 atom stereocenters. The summed E-state index contributed by atoms with van der Waals surface area (Å²) in [4.78, 5) is 61.4. The van der Waals surface area contributed by atoms with Crippen molar-refractivity contribution in [2.24, 2.45) is 11.8 Å². The molecule has 11 nitrogen and oxygen atoms in total. The van der Waals surface area contributed by atoms with Gasteiger partial charge in [-0.15, -0.1) is 0 Å². The normalized spacial score (nSPS) is 16.8. The largest absolute Gasteiger partial charge is 0.428 e. The van der Waals surface area contributed by atoms with Crippen molar-refractivity contribution in [2.45, 2.75) is 70.3 Å². The van der Waals surface area contributed by atoms with Crippen LogP contribution >= 0.6 is 11.8 Å². The maximum absolute atomic E-state index is 12.7. The summed E-state index contributed by atoms with van der Waals surface area (Å²) < 4.78 is 25.2. The molecule has 0 aliphatic heterocycles. The standard InChI is InChI=1S/C27H35NO10S/c29-23(19-10-4-1-5-11-19)34-17-36-26(32)28-22(25(31)38-21-14-8-3-9-15-21)16-39-27(33)37-18-35-24(30)20-12-6-2-7-13-20/h3,8-9,14-15,19-20,22H,1-2,4-7,10-13,16-18H2,(H,28,32)/t22-/m0/s1. The van der Waals surface area contributed by atoms with Crippen LogP contribution in [-0.2, 0) is 33.3 Å². The lowest BCUT2D eigenvalue weighted by molar-refractivity contribution is -0.158. The van der Waals surface area contributed by atoms with Crippen molar-refractivity contribution in [2.75, 3.05) is 19.3 Å². The van der Waals surface area contributed by atoms with Gasteiger partial charge in [-0.1, -0.05) is 56.7 Å². The number of alkyl carbamates (subject to hydrolysis) is 1. The summed E-state index contributed by atoms with van der Waals surface area (Å²) in [7, 11) is 0. The van der Waals surface area contributed by atoms with Gasteiger partial charge in [0.2, 0.25) is 13.6 Å². The Hall–Kier alpha value is -3.28. The van der Waals surface area contributed by atoms with Crippen LogP contribution in [0.4, 0.5) is 9.59 Å². The molecule has 0 aromatic heterocycles. The number of para-hydroxylation sites is 1. The monoisotopic (exact) mass is 565 g/mol. The van der Waals surface area contributed by atoms with E-state index in [4.69, 9.17) is 23.7 Å². The lowest BCUT2D eigenvalue weighted by Crippen LogP contribution is -2.45. The lowest BCUT2D eigenvalue weighted by atomic mass is 9.89. The van der Waals surface area contributed by atoms with Crippen LogP contribution in [0, 0.1) is 11.8 Å². The third kappa shape index (κ3) is 11.2. The Kier molecular flexibility index (Phi) is 12.9. The number of amides is 1. The number of carbonyl (C=O) groups is 5. The van der Waals surface area contributed by atoms with E-state index in [-0.39, 0.29) is 23.3 Å². The predicted octanol–water partition coefficient (Wildman–Crippen LogP) is 4.72. The molecule has 0 saturated heterocycles. The smallest absolute Gasteiger partial charge is 0.410 e. The second kappa shape index (κ2) is 16.6. The predicted molar refractivity (Wildman–Crippen MR) is 139 cm³/mol. The maximum Gasteiger partial charge on any atom is 0.410 e. The quantitative estimate of drug-likeness (QED) is 0.226. The summed E-state index contributed by atoms with van der Waals surface area (Å²) in [5.74, 6) is -2.07. The first-order chi connectivity index (χ1) is 18.9. The van der Waals surface area contributed by atoms with E-state index in [2.05, 4.69) is 5.32 Å². The lowest BCUT2D eigenvalue weighted by Gasteiger charge is -2.20. The van der Waals surface area contributed by atoms with Gasteiger partial charge in [-0.05, 0) is 49.6 Å². The Labute approximate surface area is 231 Å². The molecule has 39 heavy (non-hydrogen) atoms. The molecule has 1 aromatic carbocycles. The van der Waals surface area contributed by atoms with E-state index in [1.54, 1.807) is 30.3 Å². The summed E-state index contributed by atoms with van der Waals surface area (Å²) in [5, 5.41) is 1.52. The summed E-state index contributed by atoms with van der Waals surface area (Å²) in [6, 6.07) is 6.89. The topological polar surface area (TPSA) is 144 Å². The molecule has 0 radical (unpaired) electrons. The molecular weight excluding hydrogens is 530 g/mol. The fourth-order valence-electron chi connectivity index (χ4n) is 4.41. The van der Waals surface area contributed by atoms with E-state index >= 15 is 0 Å². The minimum Gasteiger partial charge on any atom is -0.428 e. The SMILES string of the molecule is O=C(N[C@@H](CSC(=O)OCOC(=O)C1CCCCC1)C(=O)Oc1ccccc1)OCOC(=O)C1CCCCC1. The fourth-order valence-corrected chi connectivity index (χ4v) is 5.06. The zero-order valence-corrected chi connectivity index (χ0v) is 22.6. The second-order valence-electron chi connectivity index (χ2n) is 9.40. The van der Waals surface area contributed by atoms with Gasteiger partial charge in [-0.25, -0.2) is 14.4 Å². The zero-order valence-electron chi connectivity index (χ0n) is 21.8. The molecule has 0 heterocycles. The third-order valence-corrected chi connectivity index (χ3v) is 7.41. The van der Waals surface area contributed by atoms with Gasteiger partial charge in [0.1, 0.15) is 11.8 Å². The van der Waals surface area contributed by atoms with Gasteiger partial charge in [0, 0.05) is 5.75 Å². The van der Waals surface area contributed by atoms with Gasteiger partial charge in [-0.3, -0.25) is 9.59 Å². The van der Waals surface area contributed by atoms with Crippen molar-refractivity contribution in [1.29, 1.82) is 0 Å². The number of thioether (sulfide) groups is 1. The Morgan fingerprint density at radius 3 is 1.85 bits per heavy atom. The number of rotatable bonds is 11. The number of benzene rings is 1. The van der Waals surface area contributed by atoms with Crippen molar-refractivity contribution < 1.29 is 47.7 Å². The van der Waals surface area contributed by atoms with E-state index < -0.39 is 48.9 Å². The van der Waals surface area contributed by atoms with E-state index in [1.807, 2.05) is 0 Å². The molecule has 1 aromatic rings. The second-order valence-corrected chi connectivity index (χ2v) is 10.4. The molecule has 0 unspecified atom stereocenters. The van der Waals surface area contributed by atoms with Crippen molar-refractivity contribution in [3.8, 4) is 5.75 Å². The summed E-state index contributed by atoms with van der Waals surface area (Å²) in [6.45, 7) is -1.15.